The van der Waals surface area contributed by atoms with Gasteiger partial charge in [0.1, 0.15) is 6.10 Å². The van der Waals surface area contributed by atoms with Gasteiger partial charge in [-0.1, -0.05) is 18.2 Å². The first kappa shape index (κ1) is 13.6. The third-order valence-corrected chi connectivity index (χ3v) is 4.31. The van der Waals surface area contributed by atoms with Crippen LogP contribution in [0.1, 0.15) is 24.8 Å². The Balaban J connectivity index is 1.35. The summed E-state index contributed by atoms with van der Waals surface area (Å²) in [6.45, 7) is 2.02. The van der Waals surface area contributed by atoms with Gasteiger partial charge in [-0.05, 0) is 37.0 Å². The Morgan fingerprint density at radius 1 is 1.14 bits per heavy atom. The minimum absolute atomic E-state index is 0.0974. The van der Waals surface area contributed by atoms with E-state index in [2.05, 4.69) is 0 Å². The number of hydrogen-bond donors (Lipinski definition) is 0. The minimum Gasteiger partial charge on any atom is -0.454 e. The molecule has 2 saturated heterocycles. The van der Waals surface area contributed by atoms with Crippen molar-refractivity contribution in [2.75, 3.05) is 19.9 Å². The van der Waals surface area contributed by atoms with E-state index in [1.165, 1.54) is 6.42 Å². The van der Waals surface area contributed by atoms with Crippen LogP contribution in [0.15, 0.2) is 24.3 Å². The molecule has 0 unspecified atom stereocenters. The molecule has 0 radical (unpaired) electrons. The van der Waals surface area contributed by atoms with Crippen LogP contribution in [0.4, 0.5) is 0 Å². The van der Waals surface area contributed by atoms with Gasteiger partial charge in [-0.25, -0.2) is 0 Å². The van der Waals surface area contributed by atoms with Gasteiger partial charge in [0.25, 0.3) is 5.91 Å². The normalized spacial score (nSPS) is 26.5. The highest BCUT2D eigenvalue weighted by molar-refractivity contribution is 5.84. The van der Waals surface area contributed by atoms with Crippen LogP contribution in [0.3, 0.4) is 0 Å². The number of hydrogen-bond acceptors (Lipinski definition) is 4. The number of epoxide rings is 1. The molecule has 1 aromatic rings. The van der Waals surface area contributed by atoms with Crippen molar-refractivity contribution >= 4 is 12.0 Å². The molecule has 0 bridgehead atoms. The topological polar surface area (TPSA) is 51.3 Å². The van der Waals surface area contributed by atoms with Crippen molar-refractivity contribution in [2.24, 2.45) is 0 Å². The average Bonchev–Trinajstić information content (AvgIpc) is 3.20. The second-order valence-corrected chi connectivity index (χ2v) is 5.88. The number of amides is 1. The Morgan fingerprint density at radius 3 is 2.82 bits per heavy atom. The fraction of sp³-hybridized carbons (Fsp3) is 0.471. The van der Waals surface area contributed by atoms with Crippen LogP contribution in [0.2, 0.25) is 0 Å². The fourth-order valence-electron chi connectivity index (χ4n) is 2.99. The van der Waals surface area contributed by atoms with Crippen molar-refractivity contribution in [1.82, 2.24) is 4.90 Å². The van der Waals surface area contributed by atoms with Crippen molar-refractivity contribution in [3.63, 3.8) is 0 Å². The molecule has 5 heteroatoms. The highest BCUT2D eigenvalue weighted by Gasteiger charge is 2.45. The average molecular weight is 301 g/mol. The molecular weight excluding hydrogens is 282 g/mol. The second-order valence-electron chi connectivity index (χ2n) is 5.88. The van der Waals surface area contributed by atoms with E-state index in [1.807, 2.05) is 35.3 Å². The quantitative estimate of drug-likeness (QED) is 0.803. The Kier molecular flexibility index (Phi) is 3.50. The lowest BCUT2D eigenvalue weighted by molar-refractivity contribution is -0.133. The van der Waals surface area contributed by atoms with Crippen LogP contribution in [0.5, 0.6) is 11.5 Å². The van der Waals surface area contributed by atoms with Gasteiger partial charge in [0.15, 0.2) is 17.6 Å². The summed E-state index contributed by atoms with van der Waals surface area (Å²) in [5.74, 6) is 1.68. The standard InChI is InChI=1S/C17H19NO4/c19-17(18-8-2-1-3-9-18)16-14(22-16)7-5-12-4-6-13-15(10-12)21-11-20-13/h4-7,10,14,16H,1-3,8-9,11H2/t14-,16+/m1/s1. The third kappa shape index (κ3) is 2.68. The molecule has 3 aliphatic heterocycles. The second kappa shape index (κ2) is 5.65. The fourth-order valence-corrected chi connectivity index (χ4v) is 2.99. The number of carbonyl (C=O) groups excluding carboxylic acids is 1. The molecule has 116 valence electrons. The number of piperidine rings is 1. The number of likely N-dealkylation sites (tertiary alicyclic amines) is 1. The van der Waals surface area contributed by atoms with Gasteiger partial charge < -0.3 is 19.1 Å². The first-order valence-corrected chi connectivity index (χ1v) is 7.83. The molecule has 1 amide bonds. The van der Waals surface area contributed by atoms with Crippen molar-refractivity contribution in [3.05, 3.63) is 29.8 Å². The zero-order chi connectivity index (χ0) is 14.9. The summed E-state index contributed by atoms with van der Waals surface area (Å²) < 4.78 is 16.2. The lowest BCUT2D eigenvalue weighted by Crippen LogP contribution is -2.38. The number of nitrogens with zero attached hydrogens (tertiary/aromatic N) is 1. The van der Waals surface area contributed by atoms with Crippen molar-refractivity contribution < 1.29 is 19.0 Å². The van der Waals surface area contributed by atoms with Crippen LogP contribution in [0.25, 0.3) is 6.08 Å². The monoisotopic (exact) mass is 301 g/mol. The smallest absolute Gasteiger partial charge is 0.254 e. The number of carbonyl (C=O) groups is 1. The molecule has 0 spiro atoms. The van der Waals surface area contributed by atoms with E-state index in [1.54, 1.807) is 0 Å². The lowest BCUT2D eigenvalue weighted by Gasteiger charge is -2.25. The van der Waals surface area contributed by atoms with Gasteiger partial charge in [0.2, 0.25) is 6.79 Å². The largest absolute Gasteiger partial charge is 0.454 e. The highest BCUT2D eigenvalue weighted by atomic mass is 16.7. The van der Waals surface area contributed by atoms with Gasteiger partial charge in [-0.2, -0.15) is 0 Å². The van der Waals surface area contributed by atoms with Crippen molar-refractivity contribution in [1.29, 1.82) is 0 Å². The molecule has 0 aliphatic carbocycles. The molecule has 0 N–H and O–H groups in total. The molecule has 5 nitrogen and oxygen atoms in total. The van der Waals surface area contributed by atoms with Crippen LogP contribution in [-0.4, -0.2) is 42.9 Å². The number of fused-ring (bicyclic) bond motifs is 1. The van der Waals surface area contributed by atoms with Gasteiger partial charge in [-0.3, -0.25) is 4.79 Å². The van der Waals surface area contributed by atoms with Crippen molar-refractivity contribution in [3.8, 4) is 11.5 Å². The molecule has 4 rings (SSSR count). The van der Waals surface area contributed by atoms with E-state index < -0.39 is 0 Å². The number of rotatable bonds is 3. The summed E-state index contributed by atoms with van der Waals surface area (Å²) in [7, 11) is 0. The molecule has 3 aliphatic rings. The van der Waals surface area contributed by atoms with Crippen LogP contribution in [0, 0.1) is 0 Å². The predicted octanol–water partition coefficient (Wildman–Crippen LogP) is 2.21. The summed E-state index contributed by atoms with van der Waals surface area (Å²) in [5.41, 5.74) is 1.02. The maximum absolute atomic E-state index is 12.3. The molecular formula is C17H19NO4. The third-order valence-electron chi connectivity index (χ3n) is 4.31. The van der Waals surface area contributed by atoms with Gasteiger partial charge in [0.05, 0.1) is 0 Å². The molecule has 0 saturated carbocycles. The van der Waals surface area contributed by atoms with E-state index in [0.717, 1.165) is 43.0 Å². The summed E-state index contributed by atoms with van der Waals surface area (Å²) in [6, 6.07) is 5.79. The minimum atomic E-state index is -0.289. The SMILES string of the molecule is O=C([C@H]1O[C@@H]1C=Cc1ccc2c(c1)OCO2)N1CCCCC1. The van der Waals surface area contributed by atoms with Crippen LogP contribution < -0.4 is 9.47 Å². The van der Waals surface area contributed by atoms with Crippen LogP contribution >= 0.6 is 0 Å². The van der Waals surface area contributed by atoms with E-state index >= 15 is 0 Å². The summed E-state index contributed by atoms with van der Waals surface area (Å²) in [6.07, 6.45) is 6.97. The molecule has 0 aromatic heterocycles. The first-order chi connectivity index (χ1) is 10.8. The molecule has 2 fully saturated rings. The molecule has 1 aromatic carbocycles. The van der Waals surface area contributed by atoms with E-state index in [4.69, 9.17) is 14.2 Å². The zero-order valence-corrected chi connectivity index (χ0v) is 12.4. The lowest BCUT2D eigenvalue weighted by atomic mass is 10.1. The van der Waals surface area contributed by atoms with E-state index in [-0.39, 0.29) is 24.9 Å². The Bertz CT molecular complexity index is 607. The summed E-state index contributed by atoms with van der Waals surface area (Å²) >= 11 is 0. The van der Waals surface area contributed by atoms with Gasteiger partial charge in [0, 0.05) is 13.1 Å². The summed E-state index contributed by atoms with van der Waals surface area (Å²) in [4.78, 5) is 14.2. The maximum atomic E-state index is 12.3. The van der Waals surface area contributed by atoms with E-state index in [0.29, 0.717) is 0 Å². The van der Waals surface area contributed by atoms with E-state index in [9.17, 15) is 4.79 Å². The zero-order valence-electron chi connectivity index (χ0n) is 12.4. The van der Waals surface area contributed by atoms with Gasteiger partial charge >= 0.3 is 0 Å². The molecule has 2 atom stereocenters. The van der Waals surface area contributed by atoms with Gasteiger partial charge in [-0.15, -0.1) is 0 Å². The molecule has 3 heterocycles. The predicted molar refractivity (Wildman–Crippen MR) is 80.7 cm³/mol. The summed E-state index contributed by atoms with van der Waals surface area (Å²) in [5, 5.41) is 0. The first-order valence-electron chi connectivity index (χ1n) is 7.83. The Hall–Kier alpha value is -2.01. The maximum Gasteiger partial charge on any atom is 0.254 e. The Labute approximate surface area is 129 Å². The van der Waals surface area contributed by atoms with Crippen LogP contribution in [-0.2, 0) is 9.53 Å². The number of ether oxygens (including phenoxy) is 3. The number of benzene rings is 1. The highest BCUT2D eigenvalue weighted by Crippen LogP contribution is 2.33. The molecule has 22 heavy (non-hydrogen) atoms. The Morgan fingerprint density at radius 2 is 1.95 bits per heavy atom. The van der Waals surface area contributed by atoms with Crippen molar-refractivity contribution in [2.45, 2.75) is 31.5 Å².